The number of nitrogens with one attached hydrogen (secondary N) is 1. The van der Waals surface area contributed by atoms with Gasteiger partial charge in [-0.25, -0.2) is 4.79 Å². The first-order valence-corrected chi connectivity index (χ1v) is 5.33. The molecule has 0 aromatic heterocycles. The van der Waals surface area contributed by atoms with Crippen molar-refractivity contribution in [3.8, 4) is 0 Å². The van der Waals surface area contributed by atoms with Crippen LogP contribution in [0.2, 0.25) is 0 Å². The van der Waals surface area contributed by atoms with Crippen molar-refractivity contribution in [2.24, 2.45) is 5.92 Å². The second-order valence-corrected chi connectivity index (χ2v) is 4.16. The summed E-state index contributed by atoms with van der Waals surface area (Å²) in [5, 5.41) is 20.6. The minimum atomic E-state index is -0.786. The predicted octanol–water partition coefficient (Wildman–Crippen LogP) is -0.651. The van der Waals surface area contributed by atoms with Crippen LogP contribution in [0, 0.1) is 18.2 Å². The van der Waals surface area contributed by atoms with E-state index in [1.54, 1.807) is 6.92 Å². The maximum atomic E-state index is 11.6. The predicted molar refractivity (Wildman–Crippen MR) is 54.4 cm³/mol. The normalized spacial score (nSPS) is 32.1. The maximum Gasteiger partial charge on any atom is 0.326 e. The highest BCUT2D eigenvalue weighted by atomic mass is 16.5. The summed E-state index contributed by atoms with van der Waals surface area (Å²) in [6.07, 6.45) is -0.455. The van der Waals surface area contributed by atoms with Gasteiger partial charge in [-0.1, -0.05) is 6.92 Å². The number of rotatable bonds is 2. The lowest BCUT2D eigenvalue weighted by atomic mass is 10.1. The molecule has 17 heavy (non-hydrogen) atoms. The minimum absolute atomic E-state index is 0.0140. The number of aliphatic hydroxyl groups excluding tert-OH is 2. The van der Waals surface area contributed by atoms with E-state index in [0.29, 0.717) is 0 Å². The lowest BCUT2D eigenvalue weighted by Crippen LogP contribution is -2.54. The average molecular weight is 242 g/mol. The second kappa shape index (κ2) is 4.59. The van der Waals surface area contributed by atoms with Crippen LogP contribution in [-0.2, 0) is 9.53 Å². The molecule has 1 unspecified atom stereocenters. The van der Waals surface area contributed by atoms with Crippen LogP contribution in [0.1, 0.15) is 13.3 Å². The Morgan fingerprint density at radius 3 is 2.82 bits per heavy atom. The van der Waals surface area contributed by atoms with E-state index in [2.05, 4.69) is 5.32 Å². The van der Waals surface area contributed by atoms with Crippen molar-refractivity contribution in [1.29, 1.82) is 0 Å². The number of ether oxygens (including phenoxy) is 1. The number of hydrogen-bond acceptors (Lipinski definition) is 5. The molecule has 0 saturated carbocycles. The molecule has 0 bridgehead atoms. The number of hydrogen-bond donors (Lipinski definition) is 3. The van der Waals surface area contributed by atoms with Gasteiger partial charge in [0, 0.05) is 13.0 Å². The van der Waals surface area contributed by atoms with Gasteiger partial charge in [-0.15, -0.1) is 0 Å². The van der Waals surface area contributed by atoms with Gasteiger partial charge < -0.3 is 14.9 Å². The highest BCUT2D eigenvalue weighted by Gasteiger charge is 2.43. The van der Waals surface area contributed by atoms with E-state index < -0.39 is 12.1 Å². The van der Waals surface area contributed by atoms with Gasteiger partial charge in [-0.05, 0) is 0 Å². The highest BCUT2D eigenvalue weighted by Crippen LogP contribution is 2.34. The Balaban J connectivity index is 2.03. The van der Waals surface area contributed by atoms with Crippen molar-refractivity contribution in [3.05, 3.63) is 12.3 Å². The lowest BCUT2D eigenvalue weighted by molar-refractivity contribution is -0.126. The summed E-state index contributed by atoms with van der Waals surface area (Å²) >= 11 is 0. The number of aliphatic hydroxyl groups is 2. The Bertz CT molecular complexity index is 335. The third kappa shape index (κ3) is 2.26. The van der Waals surface area contributed by atoms with Crippen molar-refractivity contribution >= 4 is 11.9 Å². The molecule has 94 valence electrons. The van der Waals surface area contributed by atoms with E-state index in [1.807, 2.05) is 0 Å². The Morgan fingerprint density at radius 1 is 1.53 bits per heavy atom. The molecule has 2 atom stereocenters. The van der Waals surface area contributed by atoms with Gasteiger partial charge in [0.05, 0.1) is 12.5 Å². The van der Waals surface area contributed by atoms with Gasteiger partial charge in [0.15, 0.2) is 6.23 Å². The molecule has 2 aliphatic rings. The lowest BCUT2D eigenvalue weighted by Gasteiger charge is -2.33. The van der Waals surface area contributed by atoms with E-state index in [0.717, 1.165) is 0 Å². The van der Waals surface area contributed by atoms with Crippen molar-refractivity contribution in [3.63, 3.8) is 0 Å². The molecule has 0 aromatic rings. The standard InChI is InChI=1S/C10H14N2O5/c1-5-3-12(10(16)11-9(5)15)8-2-6(14)7(4-13)17-8/h5,7,13-14H,2-4H2,1H3,(H,11,15,16)/t5?,7-/m1/s1. The van der Waals surface area contributed by atoms with E-state index in [1.165, 1.54) is 4.90 Å². The Kier molecular flexibility index (Phi) is 3.32. The fraction of sp³-hybridized carbons (Fsp3) is 0.600. The summed E-state index contributed by atoms with van der Waals surface area (Å²) < 4.78 is 5.25. The van der Waals surface area contributed by atoms with E-state index >= 15 is 0 Å². The van der Waals surface area contributed by atoms with Crippen LogP contribution in [0.15, 0.2) is 0 Å². The van der Waals surface area contributed by atoms with Gasteiger partial charge in [0.25, 0.3) is 0 Å². The number of amides is 3. The summed E-state index contributed by atoms with van der Waals surface area (Å²) in [5.41, 5.74) is 0. The zero-order valence-corrected chi connectivity index (χ0v) is 9.34. The highest BCUT2D eigenvalue weighted by molar-refractivity contribution is 5.98. The molecule has 3 N–H and O–H groups in total. The molecule has 0 aliphatic carbocycles. The molecule has 7 heteroatoms. The van der Waals surface area contributed by atoms with Gasteiger partial charge in [-0.3, -0.25) is 15.0 Å². The van der Waals surface area contributed by atoms with Crippen LogP contribution < -0.4 is 5.32 Å². The molecule has 0 aromatic carbocycles. The Morgan fingerprint density at radius 2 is 2.24 bits per heavy atom. The molecule has 2 saturated heterocycles. The maximum absolute atomic E-state index is 11.6. The Hall–Kier alpha value is -1.18. The summed E-state index contributed by atoms with van der Waals surface area (Å²) in [5.74, 6) is -0.657. The van der Waals surface area contributed by atoms with Crippen molar-refractivity contribution < 1.29 is 24.5 Å². The van der Waals surface area contributed by atoms with Gasteiger partial charge >= 0.3 is 6.03 Å². The van der Waals surface area contributed by atoms with Crippen LogP contribution >= 0.6 is 0 Å². The smallest absolute Gasteiger partial charge is 0.326 e. The topological polar surface area (TPSA) is 99.1 Å². The molecule has 3 amide bonds. The quantitative estimate of drug-likeness (QED) is 0.597. The van der Waals surface area contributed by atoms with Gasteiger partial charge in [-0.2, -0.15) is 0 Å². The number of imide groups is 1. The fourth-order valence-electron chi connectivity index (χ4n) is 1.80. The molecule has 7 nitrogen and oxygen atoms in total. The minimum Gasteiger partial charge on any atom is -0.394 e. The van der Waals surface area contributed by atoms with Crippen LogP contribution in [0.25, 0.3) is 0 Å². The summed E-state index contributed by atoms with van der Waals surface area (Å²) in [6, 6.07) is -0.561. The number of nitrogens with zero attached hydrogens (tertiary/aromatic N) is 1. The molecule has 2 fully saturated rings. The van der Waals surface area contributed by atoms with Crippen LogP contribution in [0.3, 0.4) is 0 Å². The molecular weight excluding hydrogens is 228 g/mol. The Labute approximate surface area is 98.3 Å². The molecule has 2 heterocycles. The monoisotopic (exact) mass is 242 g/mol. The van der Waals surface area contributed by atoms with Crippen LogP contribution in [0.4, 0.5) is 4.79 Å². The first kappa shape index (κ1) is 12.3. The van der Waals surface area contributed by atoms with Crippen LogP contribution in [-0.4, -0.2) is 46.3 Å². The van der Waals surface area contributed by atoms with Crippen molar-refractivity contribution in [2.75, 3.05) is 13.2 Å². The fourth-order valence-corrected chi connectivity index (χ4v) is 1.80. The average Bonchev–Trinajstić information content (AvgIpc) is 2.65. The van der Waals surface area contributed by atoms with Gasteiger partial charge in [0.2, 0.25) is 5.91 Å². The first-order valence-electron chi connectivity index (χ1n) is 5.33. The van der Waals surface area contributed by atoms with Gasteiger partial charge in [0.1, 0.15) is 12.2 Å². The van der Waals surface area contributed by atoms with Crippen LogP contribution in [0.5, 0.6) is 0 Å². The van der Waals surface area contributed by atoms with E-state index in [-0.39, 0.29) is 43.7 Å². The second-order valence-electron chi connectivity index (χ2n) is 4.16. The first-order chi connectivity index (χ1) is 8.02. The number of urea groups is 1. The third-order valence-electron chi connectivity index (χ3n) is 2.83. The number of carbonyl (C=O) groups is 2. The van der Waals surface area contributed by atoms with Crippen molar-refractivity contribution in [2.45, 2.75) is 19.4 Å². The SMILES string of the molecule is CC1CN([C]2C[C](O)[C@@H](CO)O2)C(=O)NC1=O. The summed E-state index contributed by atoms with van der Waals surface area (Å²) in [6.45, 7) is 1.56. The molecule has 2 aliphatic heterocycles. The summed E-state index contributed by atoms with van der Waals surface area (Å²) in [7, 11) is 0. The molecule has 2 rings (SSSR count). The molecule has 2 radical (unpaired) electrons. The third-order valence-corrected chi connectivity index (χ3v) is 2.83. The number of carbonyl (C=O) groups excluding carboxylic acids is 2. The van der Waals surface area contributed by atoms with Crippen molar-refractivity contribution in [1.82, 2.24) is 10.2 Å². The van der Waals surface area contributed by atoms with E-state index in [9.17, 15) is 14.7 Å². The molecular formula is C10H14N2O5. The zero-order chi connectivity index (χ0) is 12.6. The largest absolute Gasteiger partial charge is 0.394 e. The molecule has 0 spiro atoms. The van der Waals surface area contributed by atoms with E-state index in [4.69, 9.17) is 9.84 Å². The summed E-state index contributed by atoms with van der Waals surface area (Å²) in [4.78, 5) is 24.1. The zero-order valence-electron chi connectivity index (χ0n) is 9.34.